The minimum absolute atomic E-state index is 0.0403. The van der Waals surface area contributed by atoms with E-state index >= 15 is 0 Å². The first-order valence-corrected chi connectivity index (χ1v) is 6.16. The minimum Gasteiger partial charge on any atom is -0.489 e. The van der Waals surface area contributed by atoms with Gasteiger partial charge in [-0.1, -0.05) is 28.1 Å². The Balaban J connectivity index is 2.17. The maximum atomic E-state index is 13.7. The lowest BCUT2D eigenvalue weighted by atomic mass is 10.1. The number of ether oxygens (including phenoxy) is 1. The molecular formula is C14H8BrF2NO. The monoisotopic (exact) mass is 323 g/mol. The van der Waals surface area contributed by atoms with Gasteiger partial charge in [0.05, 0.1) is 5.56 Å². The standard InChI is InChI=1S/C14H8BrF2NO/c15-11-4-12(16)6-13(5-11)19-8-10-3-1-2-9(7-18)14(10)17/h1-6H,8H2. The fourth-order valence-electron chi connectivity index (χ4n) is 1.55. The van der Waals surface area contributed by atoms with Crippen LogP contribution in [-0.2, 0) is 6.61 Å². The summed E-state index contributed by atoms with van der Waals surface area (Å²) < 4.78 is 32.7. The lowest BCUT2D eigenvalue weighted by Crippen LogP contribution is -2.00. The van der Waals surface area contributed by atoms with Gasteiger partial charge in [0.25, 0.3) is 0 Å². The third-order valence-corrected chi connectivity index (χ3v) is 2.89. The number of hydrogen-bond acceptors (Lipinski definition) is 2. The highest BCUT2D eigenvalue weighted by atomic mass is 79.9. The molecule has 0 heterocycles. The maximum absolute atomic E-state index is 13.7. The highest BCUT2D eigenvalue weighted by Crippen LogP contribution is 2.22. The molecule has 0 aliphatic carbocycles. The quantitative estimate of drug-likeness (QED) is 0.849. The molecule has 2 aromatic carbocycles. The van der Waals surface area contributed by atoms with Crippen molar-refractivity contribution in [1.29, 1.82) is 5.26 Å². The van der Waals surface area contributed by atoms with Crippen molar-refractivity contribution in [1.82, 2.24) is 0 Å². The summed E-state index contributed by atoms with van der Waals surface area (Å²) in [6.45, 7) is -0.0722. The van der Waals surface area contributed by atoms with Gasteiger partial charge in [-0.15, -0.1) is 0 Å². The molecule has 0 unspecified atom stereocenters. The second-order valence-corrected chi connectivity index (χ2v) is 4.70. The fourth-order valence-corrected chi connectivity index (χ4v) is 1.99. The number of halogens is 3. The zero-order valence-electron chi connectivity index (χ0n) is 9.66. The van der Waals surface area contributed by atoms with Crippen LogP contribution in [0.3, 0.4) is 0 Å². The average molecular weight is 324 g/mol. The van der Waals surface area contributed by atoms with Crippen molar-refractivity contribution in [2.75, 3.05) is 0 Å². The topological polar surface area (TPSA) is 33.0 Å². The molecule has 2 aromatic rings. The average Bonchev–Trinajstić information content (AvgIpc) is 2.36. The molecule has 19 heavy (non-hydrogen) atoms. The smallest absolute Gasteiger partial charge is 0.147 e. The second kappa shape index (κ2) is 5.81. The third kappa shape index (κ3) is 3.30. The van der Waals surface area contributed by atoms with Gasteiger partial charge in [-0.3, -0.25) is 0 Å². The van der Waals surface area contributed by atoms with E-state index in [0.29, 0.717) is 4.47 Å². The Hall–Kier alpha value is -1.93. The molecule has 0 N–H and O–H groups in total. The number of nitriles is 1. The summed E-state index contributed by atoms with van der Waals surface area (Å²) in [6.07, 6.45) is 0. The Labute approximate surface area is 117 Å². The summed E-state index contributed by atoms with van der Waals surface area (Å²) in [5.41, 5.74) is 0.209. The van der Waals surface area contributed by atoms with Crippen molar-refractivity contribution >= 4 is 15.9 Å². The molecule has 2 rings (SSSR count). The van der Waals surface area contributed by atoms with Gasteiger partial charge in [0.15, 0.2) is 0 Å². The van der Waals surface area contributed by atoms with Crippen LogP contribution in [0.4, 0.5) is 8.78 Å². The molecule has 5 heteroatoms. The molecule has 0 bridgehead atoms. The van der Waals surface area contributed by atoms with Gasteiger partial charge < -0.3 is 4.74 Å². The molecule has 0 saturated carbocycles. The lowest BCUT2D eigenvalue weighted by Gasteiger charge is -2.08. The van der Waals surface area contributed by atoms with E-state index in [1.807, 2.05) is 0 Å². The van der Waals surface area contributed by atoms with E-state index in [1.165, 1.54) is 24.3 Å². The third-order valence-electron chi connectivity index (χ3n) is 2.43. The molecular weight excluding hydrogens is 316 g/mol. The lowest BCUT2D eigenvalue weighted by molar-refractivity contribution is 0.298. The predicted molar refractivity (Wildman–Crippen MR) is 69.5 cm³/mol. The van der Waals surface area contributed by atoms with E-state index in [0.717, 1.165) is 0 Å². The van der Waals surface area contributed by atoms with Crippen LogP contribution in [0.2, 0.25) is 0 Å². The first-order valence-electron chi connectivity index (χ1n) is 5.36. The zero-order valence-corrected chi connectivity index (χ0v) is 11.2. The fraction of sp³-hybridized carbons (Fsp3) is 0.0714. The van der Waals surface area contributed by atoms with Crippen molar-refractivity contribution in [2.45, 2.75) is 6.61 Å². The van der Waals surface area contributed by atoms with E-state index < -0.39 is 11.6 Å². The van der Waals surface area contributed by atoms with Crippen LogP contribution in [0.5, 0.6) is 5.75 Å². The van der Waals surface area contributed by atoms with Crippen molar-refractivity contribution in [3.05, 3.63) is 63.6 Å². The van der Waals surface area contributed by atoms with E-state index in [4.69, 9.17) is 10.00 Å². The Kier molecular flexibility index (Phi) is 4.13. The van der Waals surface area contributed by atoms with Crippen LogP contribution in [0.1, 0.15) is 11.1 Å². The molecule has 0 saturated heterocycles. The van der Waals surface area contributed by atoms with Crippen molar-refractivity contribution < 1.29 is 13.5 Å². The molecule has 0 fully saturated rings. The van der Waals surface area contributed by atoms with E-state index in [9.17, 15) is 8.78 Å². The van der Waals surface area contributed by atoms with Crippen LogP contribution in [0.25, 0.3) is 0 Å². The van der Waals surface area contributed by atoms with Gasteiger partial charge in [-0.25, -0.2) is 8.78 Å². The largest absolute Gasteiger partial charge is 0.489 e. The molecule has 0 radical (unpaired) electrons. The Morgan fingerprint density at radius 1 is 1.21 bits per heavy atom. The van der Waals surface area contributed by atoms with Gasteiger partial charge in [0, 0.05) is 16.1 Å². The molecule has 0 aliphatic heterocycles. The van der Waals surface area contributed by atoms with Gasteiger partial charge in [0.2, 0.25) is 0 Å². The number of benzene rings is 2. The van der Waals surface area contributed by atoms with Gasteiger partial charge in [-0.05, 0) is 18.2 Å². The van der Waals surface area contributed by atoms with E-state index in [1.54, 1.807) is 18.2 Å². The molecule has 0 amide bonds. The first-order chi connectivity index (χ1) is 9.10. The summed E-state index contributed by atoms with van der Waals surface area (Å²) >= 11 is 3.14. The van der Waals surface area contributed by atoms with Gasteiger partial charge in [0.1, 0.15) is 30.1 Å². The van der Waals surface area contributed by atoms with Crippen LogP contribution in [0, 0.1) is 23.0 Å². The first kappa shape index (κ1) is 13.5. The zero-order chi connectivity index (χ0) is 13.8. The maximum Gasteiger partial charge on any atom is 0.147 e. The van der Waals surface area contributed by atoms with Gasteiger partial charge in [-0.2, -0.15) is 5.26 Å². The summed E-state index contributed by atoms with van der Waals surface area (Å²) in [6, 6.07) is 10.3. The second-order valence-electron chi connectivity index (χ2n) is 3.78. The van der Waals surface area contributed by atoms with E-state index in [-0.39, 0.29) is 23.5 Å². The Morgan fingerprint density at radius 3 is 2.68 bits per heavy atom. The number of hydrogen-bond donors (Lipinski definition) is 0. The summed E-state index contributed by atoms with van der Waals surface area (Å²) in [7, 11) is 0. The highest BCUT2D eigenvalue weighted by molar-refractivity contribution is 9.10. The molecule has 0 atom stereocenters. The summed E-state index contributed by atoms with van der Waals surface area (Å²) in [5, 5.41) is 8.71. The van der Waals surface area contributed by atoms with Crippen LogP contribution in [0.15, 0.2) is 40.9 Å². The normalized spacial score (nSPS) is 10.0. The molecule has 0 aromatic heterocycles. The number of nitrogens with zero attached hydrogens (tertiary/aromatic N) is 1. The van der Waals surface area contributed by atoms with Crippen LogP contribution < -0.4 is 4.74 Å². The SMILES string of the molecule is N#Cc1cccc(COc2cc(F)cc(Br)c2)c1F. The predicted octanol–water partition coefficient (Wildman–Crippen LogP) is 4.18. The highest BCUT2D eigenvalue weighted by Gasteiger charge is 2.08. The molecule has 0 spiro atoms. The van der Waals surface area contributed by atoms with Crippen LogP contribution in [-0.4, -0.2) is 0 Å². The Bertz CT molecular complexity index is 632. The minimum atomic E-state index is -0.611. The molecule has 2 nitrogen and oxygen atoms in total. The summed E-state index contributed by atoms with van der Waals surface area (Å²) in [5.74, 6) is -0.773. The van der Waals surface area contributed by atoms with Crippen molar-refractivity contribution in [3.8, 4) is 11.8 Å². The van der Waals surface area contributed by atoms with Crippen LogP contribution >= 0.6 is 15.9 Å². The van der Waals surface area contributed by atoms with Crippen molar-refractivity contribution in [3.63, 3.8) is 0 Å². The molecule has 0 aliphatic rings. The van der Waals surface area contributed by atoms with E-state index in [2.05, 4.69) is 15.9 Å². The van der Waals surface area contributed by atoms with Crippen molar-refractivity contribution in [2.24, 2.45) is 0 Å². The Morgan fingerprint density at radius 2 is 2.00 bits per heavy atom. The number of rotatable bonds is 3. The van der Waals surface area contributed by atoms with Gasteiger partial charge >= 0.3 is 0 Å². The molecule has 96 valence electrons. The summed E-state index contributed by atoms with van der Waals surface area (Å²) in [4.78, 5) is 0.